The molecule has 1 unspecified atom stereocenters. The first-order chi connectivity index (χ1) is 11.7. The van der Waals surface area contributed by atoms with E-state index in [0.717, 1.165) is 42.3 Å². The number of ether oxygens (including phenoxy) is 1. The van der Waals surface area contributed by atoms with Crippen molar-refractivity contribution < 1.29 is 4.74 Å². The summed E-state index contributed by atoms with van der Waals surface area (Å²) in [6, 6.07) is 7.51. The van der Waals surface area contributed by atoms with Crippen LogP contribution in [0.5, 0.6) is 0 Å². The number of hydrogen-bond acceptors (Lipinski definition) is 5. The summed E-state index contributed by atoms with van der Waals surface area (Å²) in [5.41, 5.74) is 3.11. The van der Waals surface area contributed by atoms with Gasteiger partial charge in [-0.2, -0.15) is 0 Å². The van der Waals surface area contributed by atoms with Gasteiger partial charge in [-0.25, -0.2) is 9.97 Å². The average Bonchev–Trinajstić information content (AvgIpc) is 3.03. The van der Waals surface area contributed by atoms with Gasteiger partial charge in [-0.1, -0.05) is 0 Å². The largest absolute Gasteiger partial charge is 0.381 e. The molecule has 1 atom stereocenters. The van der Waals surface area contributed by atoms with Crippen molar-refractivity contribution in [2.24, 2.45) is 0 Å². The quantitative estimate of drug-likeness (QED) is 0.940. The van der Waals surface area contributed by atoms with Crippen LogP contribution in [0, 0.1) is 13.8 Å². The summed E-state index contributed by atoms with van der Waals surface area (Å²) in [4.78, 5) is 11.9. The van der Waals surface area contributed by atoms with Crippen LogP contribution in [-0.4, -0.2) is 53.3 Å². The number of aryl methyl sites for hydroxylation is 2. The molecule has 5 nitrogen and oxygen atoms in total. The first-order valence-electron chi connectivity index (χ1n) is 9.02. The normalized spacial score (nSPS) is 23.0. The number of rotatable bonds is 3. The van der Waals surface area contributed by atoms with Crippen LogP contribution in [0.4, 0.5) is 5.82 Å². The molecule has 0 radical (unpaired) electrons. The molecular weight excluding hydrogens is 300 g/mol. The van der Waals surface area contributed by atoms with E-state index in [1.165, 1.54) is 31.4 Å². The Morgan fingerprint density at radius 3 is 2.79 bits per heavy atom. The number of likely N-dealkylation sites (tertiary alicyclic amines) is 1. The third-order valence-electron chi connectivity index (χ3n) is 5.29. The lowest BCUT2D eigenvalue weighted by molar-refractivity contribution is 0.0421. The highest BCUT2D eigenvalue weighted by Crippen LogP contribution is 2.23. The fourth-order valence-corrected chi connectivity index (χ4v) is 4.01. The molecule has 5 heteroatoms. The molecule has 2 saturated heterocycles. The lowest BCUT2D eigenvalue weighted by Gasteiger charge is -2.31. The van der Waals surface area contributed by atoms with Crippen LogP contribution in [0.25, 0.3) is 11.0 Å². The Morgan fingerprint density at radius 1 is 1.12 bits per heavy atom. The van der Waals surface area contributed by atoms with E-state index < -0.39 is 0 Å². The maximum Gasteiger partial charge on any atom is 0.162 e. The summed E-state index contributed by atoms with van der Waals surface area (Å²) in [6.07, 6.45) is 3.52. The Labute approximate surface area is 143 Å². The number of fused-ring (bicyclic) bond motifs is 1. The minimum atomic E-state index is 0.476. The van der Waals surface area contributed by atoms with Gasteiger partial charge in [-0.15, -0.1) is 0 Å². The molecule has 0 amide bonds. The molecule has 4 rings (SSSR count). The monoisotopic (exact) mass is 326 g/mol. The van der Waals surface area contributed by atoms with Crippen LogP contribution in [0.3, 0.4) is 0 Å². The Kier molecular flexibility index (Phi) is 4.37. The molecule has 24 heavy (non-hydrogen) atoms. The highest BCUT2D eigenvalue weighted by molar-refractivity contribution is 5.80. The maximum atomic E-state index is 5.48. The standard InChI is InChI=1S/C19H26N4O/c1-13-11-14(2)20-19-17(13)3-4-18(22-19)21-15-5-8-23(12-15)16-6-9-24-10-7-16/h3-4,11,15-16H,5-10,12H2,1-2H3,(H,20,21,22). The van der Waals surface area contributed by atoms with E-state index >= 15 is 0 Å². The van der Waals surface area contributed by atoms with Gasteiger partial charge in [0, 0.05) is 49.5 Å². The summed E-state index contributed by atoms with van der Waals surface area (Å²) in [5, 5.41) is 4.76. The van der Waals surface area contributed by atoms with E-state index in [9.17, 15) is 0 Å². The molecule has 2 aromatic heterocycles. The average molecular weight is 326 g/mol. The first kappa shape index (κ1) is 15.8. The number of hydrogen-bond donors (Lipinski definition) is 1. The zero-order valence-electron chi connectivity index (χ0n) is 14.6. The van der Waals surface area contributed by atoms with Gasteiger partial charge in [0.05, 0.1) is 0 Å². The smallest absolute Gasteiger partial charge is 0.162 e. The fourth-order valence-electron chi connectivity index (χ4n) is 4.01. The zero-order valence-corrected chi connectivity index (χ0v) is 14.6. The summed E-state index contributed by atoms with van der Waals surface area (Å²) in [6.45, 7) is 8.24. The minimum absolute atomic E-state index is 0.476. The predicted molar refractivity (Wildman–Crippen MR) is 96.5 cm³/mol. The van der Waals surface area contributed by atoms with Gasteiger partial charge >= 0.3 is 0 Å². The van der Waals surface area contributed by atoms with Gasteiger partial charge in [-0.05, 0) is 56.9 Å². The van der Waals surface area contributed by atoms with Crippen molar-refractivity contribution >= 4 is 16.9 Å². The van der Waals surface area contributed by atoms with Gasteiger partial charge < -0.3 is 10.1 Å². The topological polar surface area (TPSA) is 50.3 Å². The highest BCUT2D eigenvalue weighted by Gasteiger charge is 2.29. The predicted octanol–water partition coefficient (Wildman–Crippen LogP) is 2.91. The first-order valence-corrected chi connectivity index (χ1v) is 9.02. The summed E-state index contributed by atoms with van der Waals surface area (Å²) >= 11 is 0. The van der Waals surface area contributed by atoms with E-state index in [2.05, 4.69) is 40.3 Å². The van der Waals surface area contributed by atoms with Gasteiger partial charge in [0.15, 0.2) is 5.65 Å². The van der Waals surface area contributed by atoms with Gasteiger partial charge in [0.1, 0.15) is 5.82 Å². The van der Waals surface area contributed by atoms with Crippen molar-refractivity contribution in [3.63, 3.8) is 0 Å². The molecule has 0 aliphatic carbocycles. The molecule has 0 saturated carbocycles. The van der Waals surface area contributed by atoms with Crippen molar-refractivity contribution in [3.8, 4) is 0 Å². The number of anilines is 1. The Morgan fingerprint density at radius 2 is 1.96 bits per heavy atom. The minimum Gasteiger partial charge on any atom is -0.381 e. The second-order valence-electron chi connectivity index (χ2n) is 7.12. The van der Waals surface area contributed by atoms with Crippen molar-refractivity contribution in [1.29, 1.82) is 0 Å². The molecule has 0 bridgehead atoms. The maximum absolute atomic E-state index is 5.48. The van der Waals surface area contributed by atoms with E-state index in [-0.39, 0.29) is 0 Å². The van der Waals surface area contributed by atoms with Gasteiger partial charge in [0.25, 0.3) is 0 Å². The molecule has 2 aromatic rings. The molecule has 2 fully saturated rings. The summed E-state index contributed by atoms with van der Waals surface area (Å²) < 4.78 is 5.48. The molecule has 128 valence electrons. The number of nitrogens with zero attached hydrogens (tertiary/aromatic N) is 3. The van der Waals surface area contributed by atoms with E-state index in [1.807, 2.05) is 6.92 Å². The van der Waals surface area contributed by atoms with Crippen molar-refractivity contribution in [1.82, 2.24) is 14.9 Å². The molecule has 1 N–H and O–H groups in total. The lowest BCUT2D eigenvalue weighted by atomic mass is 10.1. The van der Waals surface area contributed by atoms with Crippen molar-refractivity contribution in [3.05, 3.63) is 29.5 Å². The van der Waals surface area contributed by atoms with Crippen LogP contribution in [-0.2, 0) is 4.74 Å². The molecular formula is C19H26N4O. The lowest BCUT2D eigenvalue weighted by Crippen LogP contribution is -2.39. The van der Waals surface area contributed by atoms with Crippen LogP contribution < -0.4 is 5.32 Å². The second kappa shape index (κ2) is 6.65. The molecule has 4 heterocycles. The summed E-state index contributed by atoms with van der Waals surface area (Å²) in [7, 11) is 0. The van der Waals surface area contributed by atoms with Crippen molar-refractivity contribution in [2.45, 2.75) is 45.2 Å². The van der Waals surface area contributed by atoms with Gasteiger partial charge in [-0.3, -0.25) is 4.90 Å². The number of pyridine rings is 2. The second-order valence-corrected chi connectivity index (χ2v) is 7.12. The highest BCUT2D eigenvalue weighted by atomic mass is 16.5. The Balaban J connectivity index is 1.45. The molecule has 0 aromatic carbocycles. The Hall–Kier alpha value is -1.72. The SMILES string of the molecule is Cc1cc(C)c2ccc(NC3CCN(C4CCOCC4)C3)nc2n1. The molecule has 2 aliphatic rings. The van der Waals surface area contributed by atoms with E-state index in [4.69, 9.17) is 9.72 Å². The van der Waals surface area contributed by atoms with E-state index in [1.54, 1.807) is 0 Å². The zero-order chi connectivity index (χ0) is 16.5. The van der Waals surface area contributed by atoms with Crippen LogP contribution in [0.1, 0.15) is 30.5 Å². The van der Waals surface area contributed by atoms with Crippen LogP contribution >= 0.6 is 0 Å². The van der Waals surface area contributed by atoms with Crippen LogP contribution in [0.15, 0.2) is 18.2 Å². The van der Waals surface area contributed by atoms with Crippen LogP contribution in [0.2, 0.25) is 0 Å². The number of aromatic nitrogens is 2. The molecule has 0 spiro atoms. The summed E-state index contributed by atoms with van der Waals surface area (Å²) in [5.74, 6) is 0.943. The molecule has 2 aliphatic heterocycles. The van der Waals surface area contributed by atoms with Crippen molar-refractivity contribution in [2.75, 3.05) is 31.6 Å². The third-order valence-corrected chi connectivity index (χ3v) is 5.29. The van der Waals surface area contributed by atoms with E-state index in [0.29, 0.717) is 12.1 Å². The van der Waals surface area contributed by atoms with Gasteiger partial charge in [0.2, 0.25) is 0 Å². The third kappa shape index (κ3) is 3.23. The Bertz CT molecular complexity index is 727. The fraction of sp³-hybridized carbons (Fsp3) is 0.579. The number of nitrogens with one attached hydrogen (secondary N) is 1.